The summed E-state index contributed by atoms with van der Waals surface area (Å²) in [5.41, 5.74) is 11.6. The van der Waals surface area contributed by atoms with Gasteiger partial charge in [-0.05, 0) is 48.8 Å². The second kappa shape index (κ2) is 13.6. The van der Waals surface area contributed by atoms with E-state index in [2.05, 4.69) is 50.0 Å². The highest BCUT2D eigenvalue weighted by Crippen LogP contribution is 2.31. The standard InChI is InChI=1S/C28H39ClFN7S/c1-3-23(4-2)35-13-15-36(16-14-35)26-18-27(25(30)17-22(26)19-32-33-28(31)38)37-11-9-34(10-12-37)20-21-7-5-6-8-24(21)29/h5-8,17-19,23H,3-4,9-16,20H2,1-2H3,(H3,31,33,38). The molecule has 2 saturated heterocycles. The van der Waals surface area contributed by atoms with Gasteiger partial charge >= 0.3 is 0 Å². The molecule has 4 rings (SSSR count). The third kappa shape index (κ3) is 7.14. The van der Waals surface area contributed by atoms with Crippen LogP contribution in [0.2, 0.25) is 5.02 Å². The first-order chi connectivity index (χ1) is 18.4. The fourth-order valence-corrected chi connectivity index (χ4v) is 5.75. The van der Waals surface area contributed by atoms with Crippen molar-refractivity contribution in [3.8, 4) is 0 Å². The highest BCUT2D eigenvalue weighted by atomic mass is 35.5. The van der Waals surface area contributed by atoms with Gasteiger partial charge in [0.25, 0.3) is 0 Å². The summed E-state index contributed by atoms with van der Waals surface area (Å²) < 4.78 is 15.5. The van der Waals surface area contributed by atoms with Crippen molar-refractivity contribution in [2.24, 2.45) is 10.8 Å². The zero-order valence-electron chi connectivity index (χ0n) is 22.4. The smallest absolute Gasteiger partial charge is 0.184 e. The van der Waals surface area contributed by atoms with Gasteiger partial charge in [0, 0.05) is 81.2 Å². The molecule has 0 bridgehead atoms. The third-order valence-electron chi connectivity index (χ3n) is 7.65. The zero-order valence-corrected chi connectivity index (χ0v) is 23.9. The topological polar surface area (TPSA) is 63.4 Å². The lowest BCUT2D eigenvalue weighted by Gasteiger charge is -2.41. The first kappa shape index (κ1) is 28.5. The van der Waals surface area contributed by atoms with E-state index in [-0.39, 0.29) is 10.9 Å². The molecule has 206 valence electrons. The van der Waals surface area contributed by atoms with Crippen LogP contribution < -0.4 is 21.0 Å². The molecule has 0 spiro atoms. The lowest BCUT2D eigenvalue weighted by atomic mass is 10.1. The van der Waals surface area contributed by atoms with Crippen LogP contribution in [0.15, 0.2) is 41.5 Å². The lowest BCUT2D eigenvalue weighted by Crippen LogP contribution is -2.50. The van der Waals surface area contributed by atoms with Gasteiger partial charge in [0.05, 0.1) is 11.9 Å². The van der Waals surface area contributed by atoms with E-state index in [0.717, 1.165) is 88.0 Å². The summed E-state index contributed by atoms with van der Waals surface area (Å²) in [6.07, 6.45) is 3.92. The molecule has 2 fully saturated rings. The maximum absolute atomic E-state index is 15.5. The fraction of sp³-hybridized carbons (Fsp3) is 0.500. The Morgan fingerprint density at radius 3 is 2.29 bits per heavy atom. The second-order valence-corrected chi connectivity index (χ2v) is 10.8. The van der Waals surface area contributed by atoms with Crippen molar-refractivity contribution in [2.45, 2.75) is 39.3 Å². The molecule has 0 unspecified atom stereocenters. The summed E-state index contributed by atoms with van der Waals surface area (Å²) in [6.45, 7) is 12.2. The monoisotopic (exact) mass is 559 g/mol. The van der Waals surface area contributed by atoms with Crippen LogP contribution in [0, 0.1) is 5.82 Å². The van der Waals surface area contributed by atoms with Gasteiger partial charge in [-0.15, -0.1) is 0 Å². The largest absolute Gasteiger partial charge is 0.375 e. The third-order valence-corrected chi connectivity index (χ3v) is 8.11. The predicted molar refractivity (Wildman–Crippen MR) is 161 cm³/mol. The van der Waals surface area contributed by atoms with Crippen molar-refractivity contribution in [1.29, 1.82) is 0 Å². The van der Waals surface area contributed by atoms with Crippen LogP contribution in [-0.4, -0.2) is 79.5 Å². The lowest BCUT2D eigenvalue weighted by molar-refractivity contribution is 0.175. The van der Waals surface area contributed by atoms with Crippen molar-refractivity contribution in [2.75, 3.05) is 62.2 Å². The number of piperazine rings is 2. The average Bonchev–Trinajstić information content (AvgIpc) is 2.92. The number of hydrogen-bond donors (Lipinski definition) is 2. The van der Waals surface area contributed by atoms with Crippen molar-refractivity contribution >= 4 is 46.5 Å². The highest BCUT2D eigenvalue weighted by Gasteiger charge is 2.26. The minimum absolute atomic E-state index is 0.0772. The molecule has 2 heterocycles. The average molecular weight is 560 g/mol. The molecule has 3 N–H and O–H groups in total. The summed E-state index contributed by atoms with van der Waals surface area (Å²) >= 11 is 11.2. The Morgan fingerprint density at radius 2 is 1.66 bits per heavy atom. The summed E-state index contributed by atoms with van der Waals surface area (Å²) in [5, 5.41) is 5.00. The van der Waals surface area contributed by atoms with E-state index in [1.54, 1.807) is 12.3 Å². The molecule has 7 nitrogen and oxygen atoms in total. The number of benzene rings is 2. The summed E-state index contributed by atoms with van der Waals surface area (Å²) in [6, 6.07) is 12.1. The van der Waals surface area contributed by atoms with Crippen LogP contribution >= 0.6 is 23.8 Å². The van der Waals surface area contributed by atoms with Crippen molar-refractivity contribution in [1.82, 2.24) is 15.2 Å². The van der Waals surface area contributed by atoms with Gasteiger partial charge in [-0.1, -0.05) is 43.6 Å². The number of nitrogens with two attached hydrogens (primary N) is 1. The molecule has 0 aromatic heterocycles. The number of anilines is 2. The van der Waals surface area contributed by atoms with Gasteiger partial charge in [0.15, 0.2) is 5.11 Å². The quantitative estimate of drug-likeness (QED) is 0.270. The van der Waals surface area contributed by atoms with Crippen LogP contribution in [0.5, 0.6) is 0 Å². The van der Waals surface area contributed by atoms with Crippen molar-refractivity contribution in [3.63, 3.8) is 0 Å². The van der Waals surface area contributed by atoms with Gasteiger partial charge in [0.1, 0.15) is 5.82 Å². The van der Waals surface area contributed by atoms with E-state index in [1.807, 2.05) is 24.3 Å². The molecule has 0 amide bonds. The van der Waals surface area contributed by atoms with E-state index >= 15 is 4.39 Å². The Kier molecular flexibility index (Phi) is 10.2. The Balaban J connectivity index is 1.50. The van der Waals surface area contributed by atoms with Gasteiger partial charge in [-0.2, -0.15) is 5.10 Å². The number of hydrogen-bond acceptors (Lipinski definition) is 6. The summed E-state index contributed by atoms with van der Waals surface area (Å²) in [4.78, 5) is 9.44. The molecule has 0 saturated carbocycles. The van der Waals surface area contributed by atoms with E-state index in [4.69, 9.17) is 29.6 Å². The van der Waals surface area contributed by atoms with Crippen molar-refractivity contribution in [3.05, 3.63) is 58.4 Å². The molecule has 2 aliphatic heterocycles. The maximum Gasteiger partial charge on any atom is 0.184 e. The molecular weight excluding hydrogens is 521 g/mol. The zero-order chi connectivity index (χ0) is 27.1. The van der Waals surface area contributed by atoms with Gasteiger partial charge in [-0.3, -0.25) is 15.2 Å². The van der Waals surface area contributed by atoms with E-state index in [1.165, 1.54) is 0 Å². The van der Waals surface area contributed by atoms with Crippen LogP contribution in [0.4, 0.5) is 15.8 Å². The van der Waals surface area contributed by atoms with Crippen LogP contribution in [0.25, 0.3) is 0 Å². The number of rotatable bonds is 9. The number of nitrogens with one attached hydrogen (secondary N) is 1. The van der Waals surface area contributed by atoms with E-state index in [0.29, 0.717) is 17.3 Å². The Labute approximate surface area is 236 Å². The molecule has 38 heavy (non-hydrogen) atoms. The normalized spacial score (nSPS) is 17.5. The first-order valence-corrected chi connectivity index (χ1v) is 14.3. The van der Waals surface area contributed by atoms with E-state index in [9.17, 15) is 0 Å². The molecule has 0 aliphatic carbocycles. The van der Waals surface area contributed by atoms with E-state index < -0.39 is 0 Å². The summed E-state index contributed by atoms with van der Waals surface area (Å²) in [5.74, 6) is -0.249. The second-order valence-electron chi connectivity index (χ2n) is 9.94. The fourth-order valence-electron chi connectivity index (χ4n) is 5.50. The number of nitrogens with zero attached hydrogens (tertiary/aromatic N) is 5. The predicted octanol–water partition coefficient (Wildman–Crippen LogP) is 4.28. The van der Waals surface area contributed by atoms with Crippen LogP contribution in [-0.2, 0) is 6.54 Å². The van der Waals surface area contributed by atoms with Crippen LogP contribution in [0.1, 0.15) is 37.8 Å². The minimum Gasteiger partial charge on any atom is -0.375 e. The van der Waals surface area contributed by atoms with Crippen LogP contribution in [0.3, 0.4) is 0 Å². The van der Waals surface area contributed by atoms with Gasteiger partial charge < -0.3 is 15.5 Å². The summed E-state index contributed by atoms with van der Waals surface area (Å²) in [7, 11) is 0. The number of hydrazone groups is 1. The Morgan fingerprint density at radius 1 is 1.03 bits per heavy atom. The minimum atomic E-state index is -0.249. The molecule has 10 heteroatoms. The maximum atomic E-state index is 15.5. The Hall–Kier alpha value is -2.46. The molecule has 0 radical (unpaired) electrons. The highest BCUT2D eigenvalue weighted by molar-refractivity contribution is 7.80. The molecule has 2 aromatic rings. The molecule has 0 atom stereocenters. The Bertz CT molecular complexity index is 1110. The van der Waals surface area contributed by atoms with Gasteiger partial charge in [-0.25, -0.2) is 4.39 Å². The molecule has 2 aromatic carbocycles. The molecule has 2 aliphatic rings. The number of thiocarbonyl (C=S) groups is 1. The molecular formula is C28H39ClFN7S. The first-order valence-electron chi connectivity index (χ1n) is 13.5. The van der Waals surface area contributed by atoms with Crippen molar-refractivity contribution < 1.29 is 4.39 Å². The van der Waals surface area contributed by atoms with Gasteiger partial charge in [0.2, 0.25) is 0 Å². The SMILES string of the molecule is CCC(CC)N1CCN(c2cc(N3CCN(Cc4ccccc4Cl)CC3)c(F)cc2C=NNC(N)=S)CC1. The number of halogens is 2.